The average molecular weight is 548 g/mol. The molecule has 4 heterocycles. The van der Waals surface area contributed by atoms with Gasteiger partial charge in [-0.15, -0.1) is 11.3 Å². The van der Waals surface area contributed by atoms with Crippen LogP contribution in [0.15, 0.2) is 39.1 Å². The molecule has 36 heavy (non-hydrogen) atoms. The van der Waals surface area contributed by atoms with Gasteiger partial charge in [-0.3, -0.25) is 9.69 Å². The van der Waals surface area contributed by atoms with Gasteiger partial charge in [-0.05, 0) is 52.5 Å². The molecule has 0 radical (unpaired) electrons. The van der Waals surface area contributed by atoms with E-state index in [1.54, 1.807) is 16.2 Å². The fourth-order valence-electron chi connectivity index (χ4n) is 5.21. The number of ether oxygens (including phenoxy) is 1. The maximum Gasteiger partial charge on any atom is 0.356 e. The normalized spacial score (nSPS) is 27.5. The number of β-lactam (4-membered cyclic amide) rings is 1. The molecule has 0 spiro atoms. The van der Waals surface area contributed by atoms with Gasteiger partial charge < -0.3 is 14.1 Å². The molecule has 0 aliphatic carbocycles. The summed E-state index contributed by atoms with van der Waals surface area (Å²) in [6.07, 6.45) is 4.54. The Bertz CT molecular complexity index is 1110. The molecular weight excluding hydrogens is 511 g/mol. The van der Waals surface area contributed by atoms with Crippen molar-refractivity contribution in [1.29, 1.82) is 0 Å². The van der Waals surface area contributed by atoms with Crippen LogP contribution in [0.1, 0.15) is 32.9 Å². The van der Waals surface area contributed by atoms with E-state index in [1.165, 1.54) is 23.4 Å². The summed E-state index contributed by atoms with van der Waals surface area (Å²) in [5, 5.41) is 2.09. The van der Waals surface area contributed by atoms with Crippen LogP contribution in [0.25, 0.3) is 5.57 Å². The third-order valence-corrected chi connectivity index (χ3v) is 10.4. The van der Waals surface area contributed by atoms with E-state index >= 15 is 0 Å². The Balaban J connectivity index is 1.60. The zero-order valence-corrected chi connectivity index (χ0v) is 24.9. The Hall–Kier alpha value is -1.72. The second-order valence-electron chi connectivity index (χ2n) is 10.9. The lowest BCUT2D eigenvalue weighted by atomic mass is 9.79. The smallest absolute Gasteiger partial charge is 0.356 e. The van der Waals surface area contributed by atoms with Crippen molar-refractivity contribution in [2.45, 2.75) is 69.4 Å². The molecule has 4 rings (SSSR count). The van der Waals surface area contributed by atoms with Crippen molar-refractivity contribution >= 4 is 48.9 Å². The van der Waals surface area contributed by atoms with Crippen LogP contribution in [0.5, 0.6) is 0 Å². The summed E-state index contributed by atoms with van der Waals surface area (Å²) < 4.78 is 12.6. The van der Waals surface area contributed by atoms with Crippen molar-refractivity contribution in [2.24, 2.45) is 11.8 Å². The number of thioether (sulfide) groups is 1. The van der Waals surface area contributed by atoms with Gasteiger partial charge in [0.2, 0.25) is 5.91 Å². The van der Waals surface area contributed by atoms with Gasteiger partial charge >= 0.3 is 5.97 Å². The monoisotopic (exact) mass is 547 g/mol. The number of aromatic nitrogens is 1. The summed E-state index contributed by atoms with van der Waals surface area (Å²) >= 11 is 3.07. The molecule has 0 N–H and O–H groups in total. The van der Waals surface area contributed by atoms with Crippen molar-refractivity contribution in [3.8, 4) is 0 Å². The van der Waals surface area contributed by atoms with Gasteiger partial charge in [0.1, 0.15) is 12.3 Å². The summed E-state index contributed by atoms with van der Waals surface area (Å²) in [6, 6.07) is 0.354. The van der Waals surface area contributed by atoms with Crippen LogP contribution in [-0.4, -0.2) is 73.4 Å². The SMILES string of the molecule is C=CCOC(=O)C1=C(Sc2nc(C3=CCN(C)[C@@H](C)C3)cs2)[C@H](C)C2[C@@H]([C@@H](C)O[Si](C)(C)C)C(=O)N12. The number of nitrogens with zero attached hydrogens (tertiary/aromatic N) is 3. The minimum Gasteiger partial charge on any atom is -0.457 e. The summed E-state index contributed by atoms with van der Waals surface area (Å²) in [7, 11) is 0.306. The zero-order valence-electron chi connectivity index (χ0n) is 22.2. The third kappa shape index (κ3) is 5.29. The minimum absolute atomic E-state index is 0.0217. The number of carbonyl (C=O) groups excluding carboxylic acids is 2. The van der Waals surface area contributed by atoms with Gasteiger partial charge in [0, 0.05) is 28.8 Å². The van der Waals surface area contributed by atoms with E-state index in [2.05, 4.69) is 63.5 Å². The summed E-state index contributed by atoms with van der Waals surface area (Å²) in [4.78, 5) is 36.2. The van der Waals surface area contributed by atoms with Gasteiger partial charge in [-0.2, -0.15) is 0 Å². The van der Waals surface area contributed by atoms with E-state index in [-0.39, 0.29) is 36.5 Å². The van der Waals surface area contributed by atoms with Crippen molar-refractivity contribution in [2.75, 3.05) is 20.2 Å². The molecule has 10 heteroatoms. The van der Waals surface area contributed by atoms with Crippen molar-refractivity contribution in [3.63, 3.8) is 0 Å². The Labute approximate surface area is 223 Å². The van der Waals surface area contributed by atoms with Crippen LogP contribution < -0.4 is 0 Å². The molecule has 0 aromatic carbocycles. The van der Waals surface area contributed by atoms with Crippen molar-refractivity contribution in [3.05, 3.63) is 40.4 Å². The Morgan fingerprint density at radius 1 is 1.39 bits per heavy atom. The highest BCUT2D eigenvalue weighted by Crippen LogP contribution is 2.53. The first-order valence-electron chi connectivity index (χ1n) is 12.5. The predicted molar refractivity (Wildman–Crippen MR) is 148 cm³/mol. The number of rotatable bonds is 9. The van der Waals surface area contributed by atoms with E-state index in [0.717, 1.165) is 27.9 Å². The van der Waals surface area contributed by atoms with Crippen LogP contribution in [0.3, 0.4) is 0 Å². The van der Waals surface area contributed by atoms with Crippen molar-refractivity contribution in [1.82, 2.24) is 14.8 Å². The molecule has 1 aromatic heterocycles. The molecule has 196 valence electrons. The van der Waals surface area contributed by atoms with Crippen LogP contribution in [0.2, 0.25) is 19.6 Å². The summed E-state index contributed by atoms with van der Waals surface area (Å²) in [5.74, 6) is -0.846. The molecule has 1 aromatic rings. The lowest BCUT2D eigenvalue weighted by Gasteiger charge is -2.48. The minimum atomic E-state index is -1.83. The van der Waals surface area contributed by atoms with E-state index in [1.807, 2.05) is 6.92 Å². The van der Waals surface area contributed by atoms with E-state index in [0.29, 0.717) is 11.7 Å². The Kier molecular flexibility index (Phi) is 8.02. The van der Waals surface area contributed by atoms with Crippen LogP contribution in [-0.2, 0) is 18.8 Å². The number of hydrogen-bond acceptors (Lipinski definition) is 8. The molecular formula is C26H37N3O4S2Si. The quantitative estimate of drug-likeness (QED) is 0.186. The van der Waals surface area contributed by atoms with Gasteiger partial charge in [-0.25, -0.2) is 9.78 Å². The number of hydrogen-bond donors (Lipinski definition) is 0. The molecule has 1 unspecified atom stereocenters. The second kappa shape index (κ2) is 10.6. The zero-order chi connectivity index (χ0) is 26.4. The van der Waals surface area contributed by atoms with Crippen LogP contribution >= 0.6 is 23.1 Å². The highest BCUT2D eigenvalue weighted by Gasteiger charge is 2.61. The molecule has 1 saturated heterocycles. The number of fused-ring (bicyclic) bond motifs is 1. The molecule has 3 aliphatic rings. The maximum atomic E-state index is 13.3. The largest absolute Gasteiger partial charge is 0.457 e. The van der Waals surface area contributed by atoms with Crippen LogP contribution in [0.4, 0.5) is 0 Å². The van der Waals surface area contributed by atoms with Crippen LogP contribution in [0, 0.1) is 11.8 Å². The van der Waals surface area contributed by atoms with E-state index in [4.69, 9.17) is 14.1 Å². The lowest BCUT2D eigenvalue weighted by molar-refractivity contribution is -0.163. The summed E-state index contributed by atoms with van der Waals surface area (Å²) in [6.45, 7) is 17.3. The molecule has 1 amide bonds. The molecule has 0 bridgehead atoms. The average Bonchev–Trinajstić information content (AvgIpc) is 3.35. The number of thiazole rings is 1. The van der Waals surface area contributed by atoms with Gasteiger partial charge in [0.15, 0.2) is 12.7 Å². The highest BCUT2D eigenvalue weighted by atomic mass is 32.2. The number of carbonyl (C=O) groups is 2. The Morgan fingerprint density at radius 3 is 2.75 bits per heavy atom. The predicted octanol–water partition coefficient (Wildman–Crippen LogP) is 5.00. The first-order valence-corrected chi connectivity index (χ1v) is 17.6. The van der Waals surface area contributed by atoms with E-state index < -0.39 is 14.3 Å². The van der Waals surface area contributed by atoms with Gasteiger partial charge in [0.05, 0.1) is 23.8 Å². The summed E-state index contributed by atoms with van der Waals surface area (Å²) in [5.41, 5.74) is 2.61. The highest BCUT2D eigenvalue weighted by molar-refractivity contribution is 8.04. The first-order chi connectivity index (χ1) is 16.9. The molecule has 5 atom stereocenters. The second-order valence-corrected chi connectivity index (χ2v) is 17.5. The standard InChI is InChI=1S/C26H37N3O4S2Si/c1-9-12-32-25(31)22-23(16(3)21-20(24(30)29(21)22)17(4)33-36(6,7)8)35-26-27-19(14-34-26)18-10-11-28(5)15(2)13-18/h9-10,14-17,20-21H,1,11-13H2,2-8H3/t15-,16+,17+,20+,21?/m0/s1. The number of esters is 1. The maximum absolute atomic E-state index is 13.3. The molecule has 7 nitrogen and oxygen atoms in total. The molecule has 3 aliphatic heterocycles. The lowest BCUT2D eigenvalue weighted by Crippen LogP contribution is -2.64. The van der Waals surface area contributed by atoms with Crippen molar-refractivity contribution < 1.29 is 18.8 Å². The molecule has 0 saturated carbocycles. The Morgan fingerprint density at radius 2 is 2.11 bits per heavy atom. The molecule has 1 fully saturated rings. The van der Waals surface area contributed by atoms with Gasteiger partial charge in [-0.1, -0.05) is 37.4 Å². The fourth-order valence-corrected chi connectivity index (χ4v) is 8.59. The fraction of sp³-hybridized carbons (Fsp3) is 0.577. The topological polar surface area (TPSA) is 72.0 Å². The first kappa shape index (κ1) is 27.3. The third-order valence-electron chi connectivity index (χ3n) is 7.06. The number of likely N-dealkylation sites (N-methyl/N-ethyl adjacent to an activating group) is 1. The van der Waals surface area contributed by atoms with Gasteiger partial charge in [0.25, 0.3) is 0 Å². The number of amides is 1. The van der Waals surface area contributed by atoms with E-state index in [9.17, 15) is 9.59 Å².